The van der Waals surface area contributed by atoms with Crippen molar-refractivity contribution in [3.05, 3.63) is 65.5 Å². The molecule has 23 heavy (non-hydrogen) atoms. The van der Waals surface area contributed by atoms with Crippen LogP contribution < -0.4 is 4.74 Å². The highest BCUT2D eigenvalue weighted by molar-refractivity contribution is 5.77. The third kappa shape index (κ3) is 4.74. The quantitative estimate of drug-likeness (QED) is 0.814. The van der Waals surface area contributed by atoms with Crippen molar-refractivity contribution in [2.75, 3.05) is 13.2 Å². The van der Waals surface area contributed by atoms with Crippen LogP contribution in [0.2, 0.25) is 0 Å². The molecular weight excluding hydrogens is 307 g/mol. The Bertz CT molecular complexity index is 691. The smallest absolute Gasteiger partial charge is 0.260 e. The van der Waals surface area contributed by atoms with Gasteiger partial charge in [0.05, 0.1) is 0 Å². The number of hydrogen-bond donors (Lipinski definition) is 0. The maximum absolute atomic E-state index is 13.4. The fourth-order valence-corrected chi connectivity index (χ4v) is 2.06. The van der Waals surface area contributed by atoms with Crippen molar-refractivity contribution in [3.8, 4) is 5.75 Å². The van der Waals surface area contributed by atoms with E-state index in [9.17, 15) is 18.0 Å². The molecular formula is C17H16F3NO2. The number of carbonyl (C=O) groups is 1. The van der Waals surface area contributed by atoms with Gasteiger partial charge < -0.3 is 9.64 Å². The Hall–Kier alpha value is -2.50. The van der Waals surface area contributed by atoms with Crippen molar-refractivity contribution in [1.82, 2.24) is 4.90 Å². The molecule has 0 atom stereocenters. The maximum Gasteiger partial charge on any atom is 0.260 e. The van der Waals surface area contributed by atoms with E-state index in [4.69, 9.17) is 4.74 Å². The van der Waals surface area contributed by atoms with Crippen molar-refractivity contribution in [2.24, 2.45) is 0 Å². The third-order valence-electron chi connectivity index (χ3n) is 3.24. The Balaban J connectivity index is 1.97. The van der Waals surface area contributed by atoms with Gasteiger partial charge in [-0.3, -0.25) is 4.79 Å². The standard InChI is InChI=1S/C17H16F3NO2/c1-2-21(10-12-4-3-5-13(18)8-12)17(22)11-23-16-7-6-14(19)9-15(16)20/h3-9H,2,10-11H2,1H3. The predicted octanol–water partition coefficient (Wildman–Crippen LogP) is 3.53. The van der Waals surface area contributed by atoms with E-state index in [-0.39, 0.29) is 30.6 Å². The molecule has 6 heteroatoms. The number of carbonyl (C=O) groups excluding carboxylic acids is 1. The molecule has 0 N–H and O–H groups in total. The van der Waals surface area contributed by atoms with E-state index in [0.717, 1.165) is 12.1 Å². The Kier molecular flexibility index (Phi) is 5.62. The topological polar surface area (TPSA) is 29.5 Å². The molecule has 0 fully saturated rings. The maximum atomic E-state index is 13.4. The zero-order valence-electron chi connectivity index (χ0n) is 12.6. The van der Waals surface area contributed by atoms with Gasteiger partial charge in [-0.2, -0.15) is 0 Å². The largest absolute Gasteiger partial charge is 0.481 e. The lowest BCUT2D eigenvalue weighted by Gasteiger charge is -2.21. The first-order valence-corrected chi connectivity index (χ1v) is 7.09. The molecule has 0 aliphatic carbocycles. The van der Waals surface area contributed by atoms with Gasteiger partial charge in [-0.05, 0) is 36.8 Å². The summed E-state index contributed by atoms with van der Waals surface area (Å²) in [5, 5.41) is 0. The summed E-state index contributed by atoms with van der Waals surface area (Å²) in [6.45, 7) is 2.01. The number of rotatable bonds is 6. The SMILES string of the molecule is CCN(Cc1cccc(F)c1)C(=O)COc1ccc(F)cc1F. The first-order valence-electron chi connectivity index (χ1n) is 7.09. The van der Waals surface area contributed by atoms with Crippen LogP contribution in [0, 0.1) is 17.5 Å². The molecule has 3 nitrogen and oxygen atoms in total. The highest BCUT2D eigenvalue weighted by Gasteiger charge is 2.14. The van der Waals surface area contributed by atoms with E-state index < -0.39 is 11.6 Å². The minimum atomic E-state index is -0.869. The number of ether oxygens (including phenoxy) is 1. The van der Waals surface area contributed by atoms with Crippen LogP contribution in [-0.4, -0.2) is 24.0 Å². The number of nitrogens with zero attached hydrogens (tertiary/aromatic N) is 1. The summed E-state index contributed by atoms with van der Waals surface area (Å²) in [5.41, 5.74) is 0.646. The Morgan fingerprint density at radius 2 is 1.83 bits per heavy atom. The van der Waals surface area contributed by atoms with Gasteiger partial charge in [-0.15, -0.1) is 0 Å². The lowest BCUT2D eigenvalue weighted by molar-refractivity contribution is -0.133. The normalized spacial score (nSPS) is 10.4. The molecule has 2 rings (SSSR count). The molecule has 0 aliphatic rings. The van der Waals surface area contributed by atoms with Gasteiger partial charge in [0.15, 0.2) is 18.2 Å². The van der Waals surface area contributed by atoms with Crippen LogP contribution in [0.5, 0.6) is 5.75 Å². The summed E-state index contributed by atoms with van der Waals surface area (Å²) in [6.07, 6.45) is 0. The number of halogens is 3. The van der Waals surface area contributed by atoms with E-state index in [0.29, 0.717) is 18.2 Å². The average molecular weight is 323 g/mol. The van der Waals surface area contributed by atoms with Crippen LogP contribution in [0.15, 0.2) is 42.5 Å². The molecule has 0 saturated heterocycles. The molecule has 122 valence electrons. The molecule has 0 radical (unpaired) electrons. The lowest BCUT2D eigenvalue weighted by atomic mass is 10.2. The monoisotopic (exact) mass is 323 g/mol. The van der Waals surface area contributed by atoms with E-state index in [1.165, 1.54) is 17.0 Å². The van der Waals surface area contributed by atoms with Crippen molar-refractivity contribution in [3.63, 3.8) is 0 Å². The molecule has 0 spiro atoms. The van der Waals surface area contributed by atoms with Gasteiger partial charge >= 0.3 is 0 Å². The zero-order valence-corrected chi connectivity index (χ0v) is 12.6. The summed E-state index contributed by atoms with van der Waals surface area (Å²) >= 11 is 0. The van der Waals surface area contributed by atoms with Crippen LogP contribution in [-0.2, 0) is 11.3 Å². The van der Waals surface area contributed by atoms with Crippen molar-refractivity contribution >= 4 is 5.91 Å². The van der Waals surface area contributed by atoms with E-state index in [1.54, 1.807) is 19.1 Å². The minimum absolute atomic E-state index is 0.193. The molecule has 0 bridgehead atoms. The van der Waals surface area contributed by atoms with Gasteiger partial charge in [0.2, 0.25) is 0 Å². The Morgan fingerprint density at radius 1 is 1.09 bits per heavy atom. The summed E-state index contributed by atoms with van der Waals surface area (Å²) in [7, 11) is 0. The summed E-state index contributed by atoms with van der Waals surface area (Å²) in [6, 6.07) is 8.80. The summed E-state index contributed by atoms with van der Waals surface area (Å²) in [4.78, 5) is 13.6. The number of likely N-dealkylation sites (N-methyl/N-ethyl adjacent to an activating group) is 1. The van der Waals surface area contributed by atoms with Gasteiger partial charge in [0, 0.05) is 19.2 Å². The highest BCUT2D eigenvalue weighted by Crippen LogP contribution is 2.17. The van der Waals surface area contributed by atoms with Crippen LogP contribution in [0.1, 0.15) is 12.5 Å². The fourth-order valence-electron chi connectivity index (χ4n) is 2.06. The second-order valence-corrected chi connectivity index (χ2v) is 4.90. The summed E-state index contributed by atoms with van der Waals surface area (Å²) in [5.74, 6) is -2.54. The average Bonchev–Trinajstić information content (AvgIpc) is 2.51. The molecule has 1 amide bonds. The number of benzene rings is 2. The molecule has 0 aromatic heterocycles. The lowest BCUT2D eigenvalue weighted by Crippen LogP contribution is -2.34. The van der Waals surface area contributed by atoms with E-state index >= 15 is 0 Å². The van der Waals surface area contributed by atoms with Crippen molar-refractivity contribution in [2.45, 2.75) is 13.5 Å². The van der Waals surface area contributed by atoms with Crippen LogP contribution in [0.3, 0.4) is 0 Å². The molecule has 2 aromatic carbocycles. The second-order valence-electron chi connectivity index (χ2n) is 4.90. The first kappa shape index (κ1) is 16.9. The van der Waals surface area contributed by atoms with Crippen LogP contribution in [0.4, 0.5) is 13.2 Å². The molecule has 0 unspecified atom stereocenters. The van der Waals surface area contributed by atoms with Crippen molar-refractivity contribution < 1.29 is 22.7 Å². The molecule has 0 saturated carbocycles. The van der Waals surface area contributed by atoms with E-state index in [2.05, 4.69) is 0 Å². The van der Waals surface area contributed by atoms with Crippen LogP contribution >= 0.6 is 0 Å². The van der Waals surface area contributed by atoms with Gasteiger partial charge in [0.25, 0.3) is 5.91 Å². The van der Waals surface area contributed by atoms with E-state index in [1.807, 2.05) is 0 Å². The molecule has 0 aliphatic heterocycles. The number of hydrogen-bond acceptors (Lipinski definition) is 2. The third-order valence-corrected chi connectivity index (χ3v) is 3.24. The predicted molar refractivity (Wildman–Crippen MR) is 79.3 cm³/mol. The summed E-state index contributed by atoms with van der Waals surface area (Å²) < 4.78 is 44.5. The van der Waals surface area contributed by atoms with Crippen molar-refractivity contribution in [1.29, 1.82) is 0 Å². The van der Waals surface area contributed by atoms with Crippen LogP contribution in [0.25, 0.3) is 0 Å². The first-order chi connectivity index (χ1) is 11.0. The molecule has 0 heterocycles. The van der Waals surface area contributed by atoms with Gasteiger partial charge in [-0.25, -0.2) is 13.2 Å². The molecule has 2 aromatic rings. The minimum Gasteiger partial charge on any atom is -0.481 e. The number of amides is 1. The van der Waals surface area contributed by atoms with Gasteiger partial charge in [-0.1, -0.05) is 12.1 Å². The fraction of sp³-hybridized carbons (Fsp3) is 0.235. The van der Waals surface area contributed by atoms with Gasteiger partial charge in [0.1, 0.15) is 11.6 Å². The highest BCUT2D eigenvalue weighted by atomic mass is 19.1. The Morgan fingerprint density at radius 3 is 2.48 bits per heavy atom. The second kappa shape index (κ2) is 7.67. The zero-order chi connectivity index (χ0) is 16.8. The Labute approximate surface area is 132 Å².